The van der Waals surface area contributed by atoms with Crippen LogP contribution in [0.2, 0.25) is 0 Å². The number of benzene rings is 5. The number of hydrogen-bond acceptors (Lipinski definition) is 1. The molecule has 2 heteroatoms. The zero-order valence-electron chi connectivity index (χ0n) is 21.8. The molecule has 5 aromatic carbocycles. The summed E-state index contributed by atoms with van der Waals surface area (Å²) in [5.41, 5.74) is 12.7. The van der Waals surface area contributed by atoms with E-state index in [1.54, 1.807) is 0 Å². The second-order valence-corrected chi connectivity index (χ2v) is 10.8. The number of rotatable bonds is 3. The van der Waals surface area contributed by atoms with Crippen molar-refractivity contribution in [3.63, 3.8) is 0 Å². The second-order valence-electron chi connectivity index (χ2n) is 10.8. The van der Waals surface area contributed by atoms with E-state index in [1.807, 2.05) is 0 Å². The summed E-state index contributed by atoms with van der Waals surface area (Å²) in [5, 5.41) is 2.58. The Morgan fingerprint density at radius 3 is 2.03 bits per heavy atom. The van der Waals surface area contributed by atoms with Gasteiger partial charge in [-0.05, 0) is 71.6 Å². The van der Waals surface area contributed by atoms with Crippen LogP contribution in [-0.2, 0) is 12.5 Å². The normalized spacial score (nSPS) is 13.6. The highest BCUT2D eigenvalue weighted by Crippen LogP contribution is 2.50. The molecule has 0 aliphatic heterocycles. The van der Waals surface area contributed by atoms with Gasteiger partial charge < -0.3 is 9.47 Å². The van der Waals surface area contributed by atoms with Gasteiger partial charge in [0.05, 0.1) is 5.52 Å². The van der Waals surface area contributed by atoms with Gasteiger partial charge in [-0.25, -0.2) is 0 Å². The van der Waals surface area contributed by atoms with Crippen LogP contribution in [0.25, 0.3) is 32.9 Å². The van der Waals surface area contributed by atoms with Crippen molar-refractivity contribution in [1.82, 2.24) is 4.57 Å². The molecule has 7 rings (SSSR count). The zero-order valence-corrected chi connectivity index (χ0v) is 21.8. The third kappa shape index (κ3) is 3.18. The van der Waals surface area contributed by atoms with Crippen LogP contribution in [-0.4, -0.2) is 4.57 Å². The molecule has 2 nitrogen and oxygen atoms in total. The molecule has 6 aromatic rings. The highest BCUT2D eigenvalue weighted by Gasteiger charge is 2.35. The topological polar surface area (TPSA) is 8.17 Å². The van der Waals surface area contributed by atoms with E-state index in [0.29, 0.717) is 0 Å². The van der Waals surface area contributed by atoms with Crippen molar-refractivity contribution in [3.8, 4) is 11.1 Å². The van der Waals surface area contributed by atoms with Crippen LogP contribution < -0.4 is 4.90 Å². The Kier molecular flexibility index (Phi) is 4.65. The highest BCUT2D eigenvalue weighted by atomic mass is 15.1. The van der Waals surface area contributed by atoms with Crippen molar-refractivity contribution >= 4 is 38.9 Å². The molecule has 1 aliphatic carbocycles. The van der Waals surface area contributed by atoms with Gasteiger partial charge in [0.2, 0.25) is 0 Å². The van der Waals surface area contributed by atoms with E-state index in [9.17, 15) is 0 Å². The molecule has 0 unspecified atom stereocenters. The number of fused-ring (bicyclic) bond motifs is 6. The third-order valence-electron chi connectivity index (χ3n) is 8.27. The Bertz CT molecular complexity index is 1820. The Morgan fingerprint density at radius 2 is 1.19 bits per heavy atom. The van der Waals surface area contributed by atoms with Gasteiger partial charge in [-0.3, -0.25) is 0 Å². The summed E-state index contributed by atoms with van der Waals surface area (Å²) in [5.74, 6) is 0. The van der Waals surface area contributed by atoms with Gasteiger partial charge in [0.15, 0.2) is 0 Å². The average Bonchev–Trinajstić information content (AvgIpc) is 3.33. The molecule has 0 amide bonds. The Labute approximate surface area is 218 Å². The summed E-state index contributed by atoms with van der Waals surface area (Å²) < 4.78 is 2.31. The molecule has 0 bridgehead atoms. The number of anilines is 3. The monoisotopic (exact) mass is 478 g/mol. The summed E-state index contributed by atoms with van der Waals surface area (Å²) in [6, 6.07) is 40.2. The Hall–Kier alpha value is -4.30. The van der Waals surface area contributed by atoms with Crippen LogP contribution in [0.1, 0.15) is 30.5 Å². The predicted molar refractivity (Wildman–Crippen MR) is 157 cm³/mol. The van der Waals surface area contributed by atoms with Crippen LogP contribution in [0, 0.1) is 6.92 Å². The quantitative estimate of drug-likeness (QED) is 0.246. The first-order valence-electron chi connectivity index (χ1n) is 13.0. The van der Waals surface area contributed by atoms with Crippen molar-refractivity contribution in [2.75, 3.05) is 4.90 Å². The van der Waals surface area contributed by atoms with Gasteiger partial charge in [0.25, 0.3) is 0 Å². The van der Waals surface area contributed by atoms with E-state index in [1.165, 1.54) is 55.3 Å². The van der Waals surface area contributed by atoms with E-state index in [-0.39, 0.29) is 5.41 Å². The minimum absolute atomic E-state index is 0.0410. The minimum atomic E-state index is -0.0410. The fourth-order valence-corrected chi connectivity index (χ4v) is 6.26. The summed E-state index contributed by atoms with van der Waals surface area (Å²) in [6.07, 6.45) is 0. The van der Waals surface area contributed by atoms with Crippen molar-refractivity contribution in [3.05, 3.63) is 126 Å². The maximum atomic E-state index is 2.40. The second kappa shape index (κ2) is 7.85. The number of aryl methyl sites for hydroxylation is 2. The summed E-state index contributed by atoms with van der Waals surface area (Å²) >= 11 is 0. The molecule has 1 aromatic heterocycles. The lowest BCUT2D eigenvalue weighted by Crippen LogP contribution is -2.16. The maximum Gasteiger partial charge on any atom is 0.0509 e. The maximum absolute atomic E-state index is 2.40. The summed E-state index contributed by atoms with van der Waals surface area (Å²) in [6.45, 7) is 6.84. The van der Waals surface area contributed by atoms with E-state index in [4.69, 9.17) is 0 Å². The molecular formula is C35H30N2. The van der Waals surface area contributed by atoms with Gasteiger partial charge in [-0.15, -0.1) is 0 Å². The van der Waals surface area contributed by atoms with Crippen LogP contribution in [0.4, 0.5) is 17.1 Å². The van der Waals surface area contributed by atoms with Gasteiger partial charge in [-0.2, -0.15) is 0 Å². The smallest absolute Gasteiger partial charge is 0.0509 e. The number of hydrogen-bond donors (Lipinski definition) is 0. The average molecular weight is 479 g/mol. The molecule has 0 atom stereocenters. The molecular weight excluding hydrogens is 448 g/mol. The van der Waals surface area contributed by atoms with E-state index >= 15 is 0 Å². The molecule has 180 valence electrons. The third-order valence-corrected chi connectivity index (χ3v) is 8.27. The predicted octanol–water partition coefficient (Wildman–Crippen LogP) is 9.42. The minimum Gasteiger partial charge on any atom is -0.344 e. The number of aromatic nitrogens is 1. The summed E-state index contributed by atoms with van der Waals surface area (Å²) in [7, 11) is 2.17. The lowest BCUT2D eigenvalue weighted by molar-refractivity contribution is 0.660. The first-order chi connectivity index (χ1) is 17.9. The first-order valence-corrected chi connectivity index (χ1v) is 13.0. The highest BCUT2D eigenvalue weighted by molar-refractivity contribution is 6.09. The van der Waals surface area contributed by atoms with E-state index in [0.717, 1.165) is 11.4 Å². The van der Waals surface area contributed by atoms with Crippen molar-refractivity contribution in [1.29, 1.82) is 0 Å². The number of para-hydroxylation sites is 1. The van der Waals surface area contributed by atoms with Crippen molar-refractivity contribution < 1.29 is 0 Å². The lowest BCUT2D eigenvalue weighted by Gasteiger charge is -2.28. The largest absolute Gasteiger partial charge is 0.344 e. The Balaban J connectivity index is 1.45. The number of nitrogens with zero attached hydrogens (tertiary/aromatic N) is 2. The van der Waals surface area contributed by atoms with Gasteiger partial charge in [0.1, 0.15) is 0 Å². The molecule has 0 saturated heterocycles. The van der Waals surface area contributed by atoms with Gasteiger partial charge >= 0.3 is 0 Å². The lowest BCUT2D eigenvalue weighted by atomic mass is 9.82. The fourth-order valence-electron chi connectivity index (χ4n) is 6.26. The molecule has 1 aliphatic rings. The fraction of sp³-hybridized carbons (Fsp3) is 0.143. The van der Waals surface area contributed by atoms with Crippen LogP contribution in [0.5, 0.6) is 0 Å². The molecule has 0 fully saturated rings. The zero-order chi connectivity index (χ0) is 25.3. The molecule has 1 heterocycles. The van der Waals surface area contributed by atoms with Crippen molar-refractivity contribution in [2.24, 2.45) is 7.05 Å². The molecule has 0 spiro atoms. The van der Waals surface area contributed by atoms with E-state index in [2.05, 4.69) is 146 Å². The van der Waals surface area contributed by atoms with E-state index < -0.39 is 0 Å². The SMILES string of the molecule is Cc1ccc(N(c2ccc3c(c2)C(C)(C)c2ccccc2-3)c2ccc3c4ccccc4n(C)c3c2)cc1. The molecule has 0 radical (unpaired) electrons. The molecule has 0 saturated carbocycles. The van der Waals surface area contributed by atoms with Gasteiger partial charge in [0, 0.05) is 45.8 Å². The van der Waals surface area contributed by atoms with Crippen LogP contribution in [0.15, 0.2) is 109 Å². The van der Waals surface area contributed by atoms with Gasteiger partial charge in [-0.1, -0.05) is 86.1 Å². The Morgan fingerprint density at radius 1 is 0.568 bits per heavy atom. The van der Waals surface area contributed by atoms with Crippen LogP contribution >= 0.6 is 0 Å². The summed E-state index contributed by atoms with van der Waals surface area (Å²) in [4.78, 5) is 2.40. The van der Waals surface area contributed by atoms with Crippen LogP contribution in [0.3, 0.4) is 0 Å². The standard InChI is InChI=1S/C35H30N2/c1-23-13-15-24(16-14-23)37(26-18-20-30-29-10-6-8-12-33(29)36(4)34(30)22-26)25-17-19-28-27-9-5-7-11-31(27)35(2,3)32(28)21-25/h5-22H,1-4H3. The molecule has 37 heavy (non-hydrogen) atoms. The first kappa shape index (κ1) is 21.9. The molecule has 0 N–H and O–H groups in total. The van der Waals surface area contributed by atoms with Crippen molar-refractivity contribution in [2.45, 2.75) is 26.2 Å².